The van der Waals surface area contributed by atoms with Crippen molar-refractivity contribution in [2.24, 2.45) is 0 Å². The molecule has 8 heteroatoms. The molecule has 2 aromatic rings. The number of hydrogen-bond donors (Lipinski definition) is 1. The lowest BCUT2D eigenvalue weighted by Gasteiger charge is -2.17. The fraction of sp³-hybridized carbons (Fsp3) is 0.188. The minimum atomic E-state index is -4.35. The molecule has 1 fully saturated rings. The molecule has 1 saturated heterocycles. The highest BCUT2D eigenvalue weighted by Crippen LogP contribution is 2.23. The molecule has 1 unspecified atom stereocenters. The van der Waals surface area contributed by atoms with Crippen molar-refractivity contribution in [1.29, 1.82) is 0 Å². The number of rotatable bonds is 4. The predicted octanol–water partition coefficient (Wildman–Crippen LogP) is 2.05. The second kappa shape index (κ2) is 6.29. The monoisotopic (exact) mass is 352 g/mol. The van der Waals surface area contributed by atoms with Crippen LogP contribution in [0.3, 0.4) is 0 Å². The third kappa shape index (κ3) is 3.15. The van der Waals surface area contributed by atoms with Crippen LogP contribution in [0.1, 0.15) is 6.42 Å². The van der Waals surface area contributed by atoms with Crippen LogP contribution in [0.5, 0.6) is 0 Å². The molecule has 1 N–H and O–H groups in total. The summed E-state index contributed by atoms with van der Waals surface area (Å²) in [6.07, 6.45) is 0.240. The third-order valence-corrected chi connectivity index (χ3v) is 5.24. The molecule has 1 heterocycles. The second-order valence-electron chi connectivity index (χ2n) is 5.36. The first kappa shape index (κ1) is 16.5. The largest absolute Gasteiger partial charge is 0.311 e. The number of benzene rings is 2. The van der Waals surface area contributed by atoms with E-state index in [0.29, 0.717) is 18.3 Å². The first-order chi connectivity index (χ1) is 11.4. The van der Waals surface area contributed by atoms with Crippen LogP contribution in [0.2, 0.25) is 0 Å². The van der Waals surface area contributed by atoms with Crippen molar-refractivity contribution < 1.29 is 22.0 Å². The Kier molecular flexibility index (Phi) is 4.33. The molecule has 0 spiro atoms. The number of amides is 1. The second-order valence-corrected chi connectivity index (χ2v) is 7.05. The smallest absolute Gasteiger partial charge is 0.245 e. The molecule has 1 amide bonds. The molecule has 1 atom stereocenters. The molecular formula is C16H14F2N2O3S. The Balaban J connectivity index is 1.81. The molecule has 3 rings (SSSR count). The van der Waals surface area contributed by atoms with Crippen LogP contribution in [-0.2, 0) is 14.8 Å². The first-order valence-electron chi connectivity index (χ1n) is 7.22. The van der Waals surface area contributed by atoms with Gasteiger partial charge in [-0.05, 0) is 36.8 Å². The van der Waals surface area contributed by atoms with E-state index in [1.807, 2.05) is 0 Å². The number of nitrogens with one attached hydrogen (secondary N) is 1. The van der Waals surface area contributed by atoms with E-state index in [4.69, 9.17) is 0 Å². The summed E-state index contributed by atoms with van der Waals surface area (Å²) < 4.78 is 53.6. The zero-order valence-electron chi connectivity index (χ0n) is 12.4. The van der Waals surface area contributed by atoms with Crippen LogP contribution < -0.4 is 9.62 Å². The SMILES string of the molecule is O=C1C(NS(=O)(=O)c2cc(F)ccc2F)CCN1c1ccccc1. The Labute approximate surface area is 138 Å². The van der Waals surface area contributed by atoms with Gasteiger partial charge in [-0.2, -0.15) is 4.72 Å². The van der Waals surface area contributed by atoms with E-state index in [9.17, 15) is 22.0 Å². The zero-order chi connectivity index (χ0) is 17.3. The molecule has 5 nitrogen and oxygen atoms in total. The van der Waals surface area contributed by atoms with Gasteiger partial charge in [-0.3, -0.25) is 4.79 Å². The highest BCUT2D eigenvalue weighted by atomic mass is 32.2. The number of para-hydroxylation sites is 1. The number of carbonyl (C=O) groups is 1. The normalized spacial score (nSPS) is 18.2. The van der Waals surface area contributed by atoms with E-state index in [0.717, 1.165) is 12.1 Å². The Morgan fingerprint density at radius 3 is 2.50 bits per heavy atom. The Bertz CT molecular complexity index is 872. The summed E-state index contributed by atoms with van der Waals surface area (Å²) in [5, 5.41) is 0. The lowest BCUT2D eigenvalue weighted by atomic mass is 10.3. The summed E-state index contributed by atoms with van der Waals surface area (Å²) in [6, 6.07) is 9.94. The van der Waals surface area contributed by atoms with E-state index >= 15 is 0 Å². The molecule has 24 heavy (non-hydrogen) atoms. The molecule has 126 valence electrons. The van der Waals surface area contributed by atoms with Crippen molar-refractivity contribution in [1.82, 2.24) is 4.72 Å². The third-order valence-electron chi connectivity index (χ3n) is 3.75. The van der Waals surface area contributed by atoms with Gasteiger partial charge in [-0.15, -0.1) is 0 Å². The lowest BCUT2D eigenvalue weighted by molar-refractivity contribution is -0.118. The van der Waals surface area contributed by atoms with Crippen LogP contribution in [0.25, 0.3) is 0 Å². The molecule has 1 aliphatic rings. The average molecular weight is 352 g/mol. The molecule has 1 aliphatic heterocycles. The molecule has 0 aliphatic carbocycles. The summed E-state index contributed by atoms with van der Waals surface area (Å²) in [5.41, 5.74) is 0.654. The topological polar surface area (TPSA) is 66.5 Å². The van der Waals surface area contributed by atoms with E-state index in [2.05, 4.69) is 4.72 Å². The van der Waals surface area contributed by atoms with Gasteiger partial charge < -0.3 is 4.90 Å². The molecule has 0 saturated carbocycles. The van der Waals surface area contributed by atoms with Crippen LogP contribution in [-0.4, -0.2) is 26.9 Å². The van der Waals surface area contributed by atoms with Crippen molar-refractivity contribution in [3.8, 4) is 0 Å². The van der Waals surface area contributed by atoms with Crippen LogP contribution in [0.4, 0.5) is 14.5 Å². The molecular weight excluding hydrogens is 338 g/mol. The quantitative estimate of drug-likeness (QED) is 0.916. The molecule has 0 aromatic heterocycles. The van der Waals surface area contributed by atoms with E-state index in [1.54, 1.807) is 30.3 Å². The van der Waals surface area contributed by atoms with Gasteiger partial charge in [0.1, 0.15) is 22.6 Å². The number of carbonyl (C=O) groups excluding carboxylic acids is 1. The first-order valence-corrected chi connectivity index (χ1v) is 8.70. The van der Waals surface area contributed by atoms with Crippen molar-refractivity contribution in [3.63, 3.8) is 0 Å². The Morgan fingerprint density at radius 1 is 1.08 bits per heavy atom. The standard InChI is InChI=1S/C16H14F2N2O3S/c17-11-6-7-13(18)15(10-11)24(22,23)19-14-8-9-20(16(14)21)12-4-2-1-3-5-12/h1-7,10,14,19H,8-9H2. The van der Waals surface area contributed by atoms with Gasteiger partial charge in [-0.25, -0.2) is 17.2 Å². The van der Waals surface area contributed by atoms with Crippen molar-refractivity contribution in [2.75, 3.05) is 11.4 Å². The summed E-state index contributed by atoms with van der Waals surface area (Å²) >= 11 is 0. The minimum absolute atomic E-state index is 0.240. The predicted molar refractivity (Wildman–Crippen MR) is 83.9 cm³/mol. The van der Waals surface area contributed by atoms with Crippen molar-refractivity contribution >= 4 is 21.6 Å². The van der Waals surface area contributed by atoms with E-state index in [-0.39, 0.29) is 6.42 Å². The highest BCUT2D eigenvalue weighted by molar-refractivity contribution is 7.89. The van der Waals surface area contributed by atoms with Gasteiger partial charge in [0.25, 0.3) is 0 Å². The summed E-state index contributed by atoms with van der Waals surface area (Å²) in [4.78, 5) is 13.0. The van der Waals surface area contributed by atoms with Gasteiger partial charge in [0.15, 0.2) is 0 Å². The number of nitrogens with zero attached hydrogens (tertiary/aromatic N) is 1. The number of hydrogen-bond acceptors (Lipinski definition) is 3. The fourth-order valence-corrected chi connectivity index (χ4v) is 3.90. The fourth-order valence-electron chi connectivity index (χ4n) is 2.59. The Hall–Kier alpha value is -2.32. The Morgan fingerprint density at radius 2 is 1.79 bits per heavy atom. The van der Waals surface area contributed by atoms with Gasteiger partial charge in [0.05, 0.1) is 0 Å². The number of anilines is 1. The van der Waals surface area contributed by atoms with Crippen LogP contribution in [0.15, 0.2) is 53.4 Å². The summed E-state index contributed by atoms with van der Waals surface area (Å²) in [6.45, 7) is 0.335. The van der Waals surface area contributed by atoms with Gasteiger partial charge in [0.2, 0.25) is 15.9 Å². The van der Waals surface area contributed by atoms with Crippen LogP contribution in [0, 0.1) is 11.6 Å². The average Bonchev–Trinajstić information content (AvgIpc) is 2.91. The van der Waals surface area contributed by atoms with E-state index in [1.165, 1.54) is 4.90 Å². The van der Waals surface area contributed by atoms with E-state index < -0.39 is 38.5 Å². The number of sulfonamides is 1. The maximum absolute atomic E-state index is 13.7. The highest BCUT2D eigenvalue weighted by Gasteiger charge is 2.36. The minimum Gasteiger partial charge on any atom is -0.311 e. The maximum atomic E-state index is 13.7. The van der Waals surface area contributed by atoms with Gasteiger partial charge in [-0.1, -0.05) is 18.2 Å². The van der Waals surface area contributed by atoms with Gasteiger partial charge in [0, 0.05) is 12.2 Å². The molecule has 2 aromatic carbocycles. The molecule has 0 bridgehead atoms. The number of halogens is 2. The van der Waals surface area contributed by atoms with Gasteiger partial charge >= 0.3 is 0 Å². The zero-order valence-corrected chi connectivity index (χ0v) is 13.3. The summed E-state index contributed by atoms with van der Waals surface area (Å²) in [5.74, 6) is -2.38. The maximum Gasteiger partial charge on any atom is 0.245 e. The lowest BCUT2D eigenvalue weighted by Crippen LogP contribution is -2.41. The van der Waals surface area contributed by atoms with Crippen LogP contribution >= 0.6 is 0 Å². The summed E-state index contributed by atoms with van der Waals surface area (Å²) in [7, 11) is -4.35. The molecule has 0 radical (unpaired) electrons. The van der Waals surface area contributed by atoms with Crippen molar-refractivity contribution in [2.45, 2.75) is 17.4 Å². The van der Waals surface area contributed by atoms with Crippen molar-refractivity contribution in [3.05, 3.63) is 60.2 Å².